The summed E-state index contributed by atoms with van der Waals surface area (Å²) in [6, 6.07) is 7.99. The molecule has 0 spiro atoms. The van der Waals surface area contributed by atoms with Crippen LogP contribution < -0.4 is 4.74 Å². The molecule has 28 heavy (non-hydrogen) atoms. The van der Waals surface area contributed by atoms with Gasteiger partial charge in [-0.15, -0.1) is 0 Å². The maximum Gasteiger partial charge on any atom is 0.128 e. The van der Waals surface area contributed by atoms with Crippen molar-refractivity contribution < 1.29 is 4.74 Å². The molecule has 0 radical (unpaired) electrons. The van der Waals surface area contributed by atoms with Crippen LogP contribution in [0.1, 0.15) is 41.7 Å². The molecule has 0 atom stereocenters. The van der Waals surface area contributed by atoms with Gasteiger partial charge in [0.15, 0.2) is 0 Å². The van der Waals surface area contributed by atoms with Gasteiger partial charge < -0.3 is 4.74 Å². The van der Waals surface area contributed by atoms with Crippen LogP contribution in [0.3, 0.4) is 0 Å². The molecule has 0 amide bonds. The highest BCUT2D eigenvalue weighted by molar-refractivity contribution is 5.39. The van der Waals surface area contributed by atoms with Crippen molar-refractivity contribution in [3.8, 4) is 11.4 Å². The van der Waals surface area contributed by atoms with Crippen molar-refractivity contribution in [1.29, 1.82) is 0 Å². The zero-order chi connectivity index (χ0) is 19.5. The Hall–Kier alpha value is -2.73. The predicted octanol–water partition coefficient (Wildman–Crippen LogP) is 3.49. The second-order valence-corrected chi connectivity index (χ2v) is 7.33. The van der Waals surface area contributed by atoms with Gasteiger partial charge in [-0.2, -0.15) is 5.10 Å². The number of ether oxygens (including phenoxy) is 1. The van der Waals surface area contributed by atoms with E-state index in [1.54, 1.807) is 7.11 Å². The molecule has 3 aromatic rings. The summed E-state index contributed by atoms with van der Waals surface area (Å²) in [6.07, 6.45) is 7.03. The summed E-state index contributed by atoms with van der Waals surface area (Å²) in [5.74, 6) is 1.83. The van der Waals surface area contributed by atoms with Crippen LogP contribution in [0, 0.1) is 6.92 Å². The normalized spacial score (nSPS) is 14.1. The van der Waals surface area contributed by atoms with Gasteiger partial charge in [-0.05, 0) is 37.6 Å². The first-order valence-corrected chi connectivity index (χ1v) is 9.92. The van der Waals surface area contributed by atoms with E-state index in [-0.39, 0.29) is 0 Å². The Labute approximate surface area is 166 Å². The van der Waals surface area contributed by atoms with Gasteiger partial charge in [-0.3, -0.25) is 4.90 Å². The molecule has 0 unspecified atom stereocenters. The van der Waals surface area contributed by atoms with E-state index in [2.05, 4.69) is 28.8 Å². The van der Waals surface area contributed by atoms with Crippen LogP contribution in [0.5, 0.6) is 5.75 Å². The van der Waals surface area contributed by atoms with Gasteiger partial charge in [-0.1, -0.05) is 6.92 Å². The fourth-order valence-corrected chi connectivity index (χ4v) is 3.72. The third kappa shape index (κ3) is 3.78. The van der Waals surface area contributed by atoms with E-state index < -0.39 is 0 Å². The van der Waals surface area contributed by atoms with E-state index in [4.69, 9.17) is 9.72 Å². The highest BCUT2D eigenvalue weighted by atomic mass is 16.5. The smallest absolute Gasteiger partial charge is 0.128 e. The zero-order valence-electron chi connectivity index (χ0n) is 16.9. The standard InChI is InChI=1S/C22H27N5O/c1-4-5-22-23-12-18-15-26(11-10-21(18)25-22)14-17-13-24-27(16(17)2)19-6-8-20(28-3)9-7-19/h6-9,12-13H,4-5,10-11,14-15H2,1-3H3. The van der Waals surface area contributed by atoms with Gasteiger partial charge in [0.25, 0.3) is 0 Å². The monoisotopic (exact) mass is 377 g/mol. The Morgan fingerprint density at radius 3 is 2.71 bits per heavy atom. The van der Waals surface area contributed by atoms with Crippen LogP contribution in [-0.4, -0.2) is 38.3 Å². The van der Waals surface area contributed by atoms with Crippen molar-refractivity contribution in [2.24, 2.45) is 0 Å². The van der Waals surface area contributed by atoms with Gasteiger partial charge in [0.1, 0.15) is 11.6 Å². The summed E-state index contributed by atoms with van der Waals surface area (Å²) in [4.78, 5) is 11.7. The largest absolute Gasteiger partial charge is 0.497 e. The Morgan fingerprint density at radius 2 is 1.96 bits per heavy atom. The Kier molecular flexibility index (Phi) is 5.39. The fraction of sp³-hybridized carbons (Fsp3) is 0.409. The molecule has 1 aliphatic rings. The molecule has 4 rings (SSSR count). The summed E-state index contributed by atoms with van der Waals surface area (Å²) in [5, 5.41) is 4.61. The van der Waals surface area contributed by atoms with Gasteiger partial charge in [-0.25, -0.2) is 14.6 Å². The molecule has 1 aromatic carbocycles. The minimum atomic E-state index is 0.852. The molecule has 0 fully saturated rings. The number of aromatic nitrogens is 4. The summed E-state index contributed by atoms with van der Waals surface area (Å²) >= 11 is 0. The van der Waals surface area contributed by atoms with E-state index in [0.29, 0.717) is 0 Å². The van der Waals surface area contributed by atoms with E-state index in [1.165, 1.54) is 22.5 Å². The van der Waals surface area contributed by atoms with Gasteiger partial charge in [0.05, 0.1) is 19.0 Å². The average Bonchev–Trinajstić information content (AvgIpc) is 3.08. The first kappa shape index (κ1) is 18.6. The zero-order valence-corrected chi connectivity index (χ0v) is 16.9. The van der Waals surface area contributed by atoms with Gasteiger partial charge >= 0.3 is 0 Å². The number of benzene rings is 1. The average molecular weight is 377 g/mol. The lowest BCUT2D eigenvalue weighted by Crippen LogP contribution is -2.31. The molecule has 0 saturated carbocycles. The molecule has 0 aliphatic carbocycles. The third-order valence-corrected chi connectivity index (χ3v) is 5.36. The number of hydrogen-bond donors (Lipinski definition) is 0. The van der Waals surface area contributed by atoms with E-state index in [0.717, 1.165) is 56.2 Å². The van der Waals surface area contributed by atoms with Crippen molar-refractivity contribution in [3.63, 3.8) is 0 Å². The molecule has 0 N–H and O–H groups in total. The highest BCUT2D eigenvalue weighted by Crippen LogP contribution is 2.22. The lowest BCUT2D eigenvalue weighted by atomic mass is 10.1. The van der Waals surface area contributed by atoms with Crippen molar-refractivity contribution in [3.05, 3.63) is 65.0 Å². The van der Waals surface area contributed by atoms with Crippen molar-refractivity contribution >= 4 is 0 Å². The molecule has 2 aromatic heterocycles. The van der Waals surface area contributed by atoms with Gasteiger partial charge in [0, 0.05) is 61.2 Å². The minimum Gasteiger partial charge on any atom is -0.497 e. The molecule has 6 nitrogen and oxygen atoms in total. The molecule has 146 valence electrons. The second-order valence-electron chi connectivity index (χ2n) is 7.33. The van der Waals surface area contributed by atoms with Gasteiger partial charge in [0.2, 0.25) is 0 Å². The van der Waals surface area contributed by atoms with Crippen LogP contribution >= 0.6 is 0 Å². The Balaban J connectivity index is 1.47. The highest BCUT2D eigenvalue weighted by Gasteiger charge is 2.20. The first-order chi connectivity index (χ1) is 13.7. The summed E-state index contributed by atoms with van der Waals surface area (Å²) in [5.41, 5.74) is 5.95. The van der Waals surface area contributed by atoms with Crippen LogP contribution in [0.2, 0.25) is 0 Å². The lowest BCUT2D eigenvalue weighted by molar-refractivity contribution is 0.242. The number of nitrogens with zero attached hydrogens (tertiary/aromatic N) is 5. The fourth-order valence-electron chi connectivity index (χ4n) is 3.72. The van der Waals surface area contributed by atoms with Crippen molar-refractivity contribution in [2.45, 2.75) is 46.2 Å². The van der Waals surface area contributed by atoms with Crippen LogP contribution in [-0.2, 0) is 25.9 Å². The number of rotatable bonds is 6. The first-order valence-electron chi connectivity index (χ1n) is 9.92. The molecule has 6 heteroatoms. The molecular formula is C22H27N5O. The van der Waals surface area contributed by atoms with Crippen molar-refractivity contribution in [2.75, 3.05) is 13.7 Å². The Morgan fingerprint density at radius 1 is 1.14 bits per heavy atom. The van der Waals surface area contributed by atoms with Crippen LogP contribution in [0.4, 0.5) is 0 Å². The maximum atomic E-state index is 5.24. The van der Waals surface area contributed by atoms with Crippen molar-refractivity contribution in [1.82, 2.24) is 24.6 Å². The van der Waals surface area contributed by atoms with Crippen LogP contribution in [0.25, 0.3) is 5.69 Å². The number of fused-ring (bicyclic) bond motifs is 1. The van der Waals surface area contributed by atoms with Crippen LogP contribution in [0.15, 0.2) is 36.7 Å². The molecule has 0 bridgehead atoms. The molecule has 3 heterocycles. The quantitative estimate of drug-likeness (QED) is 0.658. The SMILES string of the molecule is CCCc1ncc2c(n1)CCN(Cc1cnn(-c3ccc(OC)cc3)c1C)C2. The topological polar surface area (TPSA) is 56.1 Å². The van der Waals surface area contributed by atoms with E-state index in [9.17, 15) is 0 Å². The maximum absolute atomic E-state index is 5.24. The summed E-state index contributed by atoms with van der Waals surface area (Å²) < 4.78 is 7.24. The van der Waals surface area contributed by atoms with E-state index in [1.807, 2.05) is 41.3 Å². The number of hydrogen-bond acceptors (Lipinski definition) is 5. The Bertz CT molecular complexity index is 948. The predicted molar refractivity (Wildman–Crippen MR) is 109 cm³/mol. The number of aryl methyl sites for hydroxylation is 1. The lowest BCUT2D eigenvalue weighted by Gasteiger charge is -2.28. The summed E-state index contributed by atoms with van der Waals surface area (Å²) in [6.45, 7) is 7.10. The summed E-state index contributed by atoms with van der Waals surface area (Å²) in [7, 11) is 1.68. The third-order valence-electron chi connectivity index (χ3n) is 5.36. The molecular weight excluding hydrogens is 350 g/mol. The number of methoxy groups -OCH3 is 1. The van der Waals surface area contributed by atoms with E-state index >= 15 is 0 Å². The molecule has 1 aliphatic heterocycles. The molecule has 0 saturated heterocycles. The minimum absolute atomic E-state index is 0.852. The second kappa shape index (κ2) is 8.10.